The summed E-state index contributed by atoms with van der Waals surface area (Å²) >= 11 is 0. The van der Waals surface area contributed by atoms with Crippen molar-refractivity contribution in [2.75, 3.05) is 0 Å². The van der Waals surface area contributed by atoms with E-state index in [1.807, 2.05) is 0 Å². The summed E-state index contributed by atoms with van der Waals surface area (Å²) < 4.78 is 31.7. The summed E-state index contributed by atoms with van der Waals surface area (Å²) in [5.41, 5.74) is -0.0301. The smallest absolute Gasteiger partial charge is 0.476 e. The Hall–Kier alpha value is -2.19. The third-order valence-electron chi connectivity index (χ3n) is 1.02. The van der Waals surface area contributed by atoms with Gasteiger partial charge in [-0.2, -0.15) is 13.2 Å². The average Bonchev–Trinajstić information content (AvgIpc) is 2.18. The van der Waals surface area contributed by atoms with Gasteiger partial charge in [0.1, 0.15) is 0 Å². The van der Waals surface area contributed by atoms with Crippen LogP contribution in [0.1, 0.15) is 10.5 Å². The molecule has 6 nitrogen and oxygen atoms in total. The summed E-state index contributed by atoms with van der Waals surface area (Å²) in [6.07, 6.45) is -1.13. The predicted molar refractivity (Wildman–Crippen MR) is 42.7 cm³/mol. The minimum Gasteiger partial charge on any atom is -0.476 e. The molecule has 0 fully saturated rings. The van der Waals surface area contributed by atoms with Gasteiger partial charge in [0.05, 0.1) is 6.20 Å². The minimum atomic E-state index is -5.08. The van der Waals surface area contributed by atoms with E-state index in [2.05, 4.69) is 9.97 Å². The number of nitrogens with zero attached hydrogens (tertiary/aromatic N) is 2. The van der Waals surface area contributed by atoms with Gasteiger partial charge in [0, 0.05) is 12.4 Å². The molecule has 1 heterocycles. The molecule has 1 rings (SSSR count). The molecule has 0 amide bonds. The lowest BCUT2D eigenvalue weighted by Crippen LogP contribution is -2.21. The Labute approximate surface area is 86.4 Å². The van der Waals surface area contributed by atoms with Crippen molar-refractivity contribution in [3.63, 3.8) is 0 Å². The number of halogens is 3. The SMILES string of the molecule is O=C(O)C(F)(F)F.O=C(O)c1cnccn1. The Morgan fingerprint density at radius 1 is 1.19 bits per heavy atom. The van der Waals surface area contributed by atoms with Crippen molar-refractivity contribution < 1.29 is 33.0 Å². The number of carbonyl (C=O) groups is 2. The van der Waals surface area contributed by atoms with Crippen molar-refractivity contribution in [1.82, 2.24) is 9.97 Å². The van der Waals surface area contributed by atoms with E-state index in [0.29, 0.717) is 0 Å². The van der Waals surface area contributed by atoms with Crippen LogP contribution >= 0.6 is 0 Å². The first-order valence-electron chi connectivity index (χ1n) is 3.54. The van der Waals surface area contributed by atoms with Gasteiger partial charge in [-0.05, 0) is 0 Å². The van der Waals surface area contributed by atoms with Gasteiger partial charge >= 0.3 is 18.1 Å². The highest BCUT2D eigenvalue weighted by atomic mass is 19.4. The molecule has 0 saturated carbocycles. The number of rotatable bonds is 1. The van der Waals surface area contributed by atoms with E-state index in [9.17, 15) is 18.0 Å². The highest BCUT2D eigenvalue weighted by Gasteiger charge is 2.38. The Kier molecular flexibility index (Phi) is 4.86. The third-order valence-corrected chi connectivity index (χ3v) is 1.02. The molecule has 0 aliphatic carbocycles. The number of aromatic nitrogens is 2. The van der Waals surface area contributed by atoms with E-state index in [1.54, 1.807) is 0 Å². The molecule has 0 bridgehead atoms. The van der Waals surface area contributed by atoms with Crippen molar-refractivity contribution in [2.24, 2.45) is 0 Å². The number of alkyl halides is 3. The molecule has 16 heavy (non-hydrogen) atoms. The molecule has 1 aromatic heterocycles. The van der Waals surface area contributed by atoms with E-state index in [1.165, 1.54) is 18.6 Å². The van der Waals surface area contributed by atoms with Gasteiger partial charge in [-0.15, -0.1) is 0 Å². The zero-order valence-electron chi connectivity index (χ0n) is 7.47. The summed E-state index contributed by atoms with van der Waals surface area (Å²) in [5.74, 6) is -3.81. The summed E-state index contributed by atoms with van der Waals surface area (Å²) in [4.78, 5) is 26.1. The maximum Gasteiger partial charge on any atom is 0.490 e. The van der Waals surface area contributed by atoms with E-state index >= 15 is 0 Å². The molecule has 0 aromatic carbocycles. The van der Waals surface area contributed by atoms with Crippen molar-refractivity contribution in [3.8, 4) is 0 Å². The first kappa shape index (κ1) is 13.8. The Balaban J connectivity index is 0.000000293. The second kappa shape index (κ2) is 5.63. The van der Waals surface area contributed by atoms with Crippen molar-refractivity contribution >= 4 is 11.9 Å². The molecule has 0 radical (unpaired) electrons. The van der Waals surface area contributed by atoms with Crippen LogP contribution < -0.4 is 0 Å². The van der Waals surface area contributed by atoms with Crippen LogP contribution in [0.4, 0.5) is 13.2 Å². The molecule has 9 heteroatoms. The summed E-state index contributed by atoms with van der Waals surface area (Å²) in [7, 11) is 0. The monoisotopic (exact) mass is 238 g/mol. The molecule has 0 aliphatic heterocycles. The molecule has 0 spiro atoms. The van der Waals surface area contributed by atoms with Crippen LogP contribution in [0.25, 0.3) is 0 Å². The number of carboxylic acids is 2. The zero-order valence-corrected chi connectivity index (χ0v) is 7.47. The first-order chi connectivity index (χ1) is 7.25. The lowest BCUT2D eigenvalue weighted by molar-refractivity contribution is -0.192. The van der Waals surface area contributed by atoms with Crippen LogP contribution in [-0.2, 0) is 4.79 Å². The van der Waals surface area contributed by atoms with Gasteiger partial charge in [0.15, 0.2) is 5.69 Å². The minimum absolute atomic E-state index is 0.0301. The van der Waals surface area contributed by atoms with E-state index in [-0.39, 0.29) is 5.69 Å². The molecule has 0 unspecified atom stereocenters. The second-order valence-corrected chi connectivity index (χ2v) is 2.20. The molecule has 0 aliphatic rings. The highest BCUT2D eigenvalue weighted by Crippen LogP contribution is 2.13. The molecule has 0 saturated heterocycles. The fraction of sp³-hybridized carbons (Fsp3) is 0.143. The molecular weight excluding hydrogens is 233 g/mol. The van der Waals surface area contributed by atoms with Gasteiger partial charge in [0.2, 0.25) is 0 Å². The maximum atomic E-state index is 10.6. The van der Waals surface area contributed by atoms with Crippen LogP contribution in [0.5, 0.6) is 0 Å². The van der Waals surface area contributed by atoms with Crippen LogP contribution in [0.15, 0.2) is 18.6 Å². The standard InChI is InChI=1S/C5H4N2O2.C2HF3O2/c8-5(9)4-3-6-1-2-7-4;3-2(4,5)1(6)7/h1-3H,(H,8,9);(H,6,7). The molecule has 1 aromatic rings. The number of aliphatic carboxylic acids is 1. The van der Waals surface area contributed by atoms with Gasteiger partial charge in [-0.1, -0.05) is 0 Å². The van der Waals surface area contributed by atoms with Crippen LogP contribution in [0.2, 0.25) is 0 Å². The van der Waals surface area contributed by atoms with Crippen molar-refractivity contribution in [3.05, 3.63) is 24.3 Å². The van der Waals surface area contributed by atoms with Crippen LogP contribution in [0.3, 0.4) is 0 Å². The Morgan fingerprint density at radius 2 is 1.69 bits per heavy atom. The second-order valence-electron chi connectivity index (χ2n) is 2.20. The largest absolute Gasteiger partial charge is 0.490 e. The van der Waals surface area contributed by atoms with Crippen molar-refractivity contribution in [1.29, 1.82) is 0 Å². The molecule has 0 atom stereocenters. The quantitative estimate of drug-likeness (QED) is 0.750. The lowest BCUT2D eigenvalue weighted by Gasteiger charge is -1.93. The van der Waals surface area contributed by atoms with E-state index < -0.39 is 18.1 Å². The highest BCUT2D eigenvalue weighted by molar-refractivity contribution is 5.84. The maximum absolute atomic E-state index is 10.6. The van der Waals surface area contributed by atoms with Crippen LogP contribution in [0, 0.1) is 0 Å². The predicted octanol–water partition coefficient (Wildman–Crippen LogP) is 0.808. The first-order valence-corrected chi connectivity index (χ1v) is 3.54. The molecule has 88 valence electrons. The lowest BCUT2D eigenvalue weighted by atomic mass is 10.5. The number of hydrogen-bond donors (Lipinski definition) is 2. The topological polar surface area (TPSA) is 100 Å². The normalized spacial score (nSPS) is 9.94. The zero-order chi connectivity index (χ0) is 12.8. The van der Waals surface area contributed by atoms with E-state index in [0.717, 1.165) is 0 Å². The van der Waals surface area contributed by atoms with Crippen LogP contribution in [-0.4, -0.2) is 38.3 Å². The van der Waals surface area contributed by atoms with E-state index in [4.69, 9.17) is 15.0 Å². The van der Waals surface area contributed by atoms with Gasteiger partial charge in [0.25, 0.3) is 0 Å². The number of aromatic carboxylic acids is 1. The number of hydrogen-bond acceptors (Lipinski definition) is 4. The van der Waals surface area contributed by atoms with Gasteiger partial charge in [-0.25, -0.2) is 14.6 Å². The fourth-order valence-electron chi connectivity index (χ4n) is 0.410. The summed E-state index contributed by atoms with van der Waals surface area (Å²) in [6.45, 7) is 0. The summed E-state index contributed by atoms with van der Waals surface area (Å²) in [5, 5.41) is 15.4. The third kappa shape index (κ3) is 5.52. The average molecular weight is 238 g/mol. The van der Waals surface area contributed by atoms with Crippen molar-refractivity contribution in [2.45, 2.75) is 6.18 Å². The van der Waals surface area contributed by atoms with Gasteiger partial charge < -0.3 is 10.2 Å². The van der Waals surface area contributed by atoms with Gasteiger partial charge in [-0.3, -0.25) is 4.98 Å². The molecule has 2 N–H and O–H groups in total. The fourth-order valence-corrected chi connectivity index (χ4v) is 0.410. The number of carboxylic acid groups (broad SMARTS) is 2. The Morgan fingerprint density at radius 3 is 1.88 bits per heavy atom. The Bertz CT molecular complexity index is 366. The summed E-state index contributed by atoms with van der Waals surface area (Å²) in [6, 6.07) is 0. The molecular formula is C7H5F3N2O4.